The molecule has 9 rings (SSSR count). The molecule has 0 aliphatic carbocycles. The number of furan rings is 2. The number of benzene rings is 4. The Hall–Kier alpha value is -4.83. The average Bonchev–Trinajstić information content (AvgIpc) is 3.73. The molecule has 3 aromatic heterocycles. The molecular formula is C32H19B2NO3. The Labute approximate surface area is 219 Å². The molecule has 7 aromatic rings. The van der Waals surface area contributed by atoms with Crippen LogP contribution < -0.4 is 37.5 Å². The molecule has 0 fully saturated rings. The molecule has 0 unspecified atom stereocenters. The van der Waals surface area contributed by atoms with Gasteiger partial charge in [0.1, 0.15) is 11.5 Å². The third kappa shape index (κ3) is 2.57. The van der Waals surface area contributed by atoms with E-state index in [4.69, 9.17) is 13.6 Å². The van der Waals surface area contributed by atoms with Gasteiger partial charge in [0.2, 0.25) is 0 Å². The van der Waals surface area contributed by atoms with Crippen LogP contribution in [0.15, 0.2) is 125 Å². The maximum Gasteiger partial charge on any atom is 0.255 e. The normalized spacial score (nSPS) is 13.4. The van der Waals surface area contributed by atoms with E-state index < -0.39 is 0 Å². The number of hydrogen-bond donors (Lipinski definition) is 0. The summed E-state index contributed by atoms with van der Waals surface area (Å²) in [5.41, 5.74) is 10.7. The molecule has 0 atom stereocenters. The van der Waals surface area contributed by atoms with Gasteiger partial charge in [-0.3, -0.25) is 0 Å². The van der Waals surface area contributed by atoms with Crippen LogP contribution >= 0.6 is 0 Å². The van der Waals surface area contributed by atoms with Crippen LogP contribution in [0.5, 0.6) is 11.5 Å². The standard InChI is InChI=1S/C32H19B2NO3/c1-3-10-28-22(6-1)23-7-5-9-25-32(23)35(28)29-16-27-31(17-26(29)34(25)21-13-15-37-19-21)38-30-11-4-2-8-24(30)33(27)20-12-14-36-18-20/h1-19H. The Balaban J connectivity index is 1.42. The number of aromatic nitrogens is 1. The largest absolute Gasteiger partial charge is 0.473 e. The summed E-state index contributed by atoms with van der Waals surface area (Å²) in [5, 5.41) is 2.52. The highest BCUT2D eigenvalue weighted by atomic mass is 16.5. The Bertz CT molecular complexity index is 2020. The molecule has 4 aromatic carbocycles. The van der Waals surface area contributed by atoms with E-state index in [2.05, 4.69) is 89.5 Å². The van der Waals surface area contributed by atoms with E-state index in [0.717, 1.165) is 33.4 Å². The quantitative estimate of drug-likeness (QED) is 0.351. The summed E-state index contributed by atoms with van der Waals surface area (Å²) in [6.07, 6.45) is 7.23. The van der Waals surface area contributed by atoms with E-state index in [1.54, 1.807) is 12.5 Å². The fraction of sp³-hybridized carbons (Fsp3) is 0. The Kier molecular flexibility index (Phi) is 3.92. The molecule has 0 saturated heterocycles. The van der Waals surface area contributed by atoms with Crippen LogP contribution in [0.1, 0.15) is 0 Å². The first kappa shape index (κ1) is 20.3. The lowest BCUT2D eigenvalue weighted by atomic mass is 9.33. The summed E-state index contributed by atoms with van der Waals surface area (Å²) in [5.74, 6) is 1.77. The number of hydrogen-bond acceptors (Lipinski definition) is 3. The maximum atomic E-state index is 6.60. The molecule has 0 bridgehead atoms. The van der Waals surface area contributed by atoms with Crippen LogP contribution in [0.2, 0.25) is 0 Å². The van der Waals surface area contributed by atoms with Gasteiger partial charge in [0.05, 0.1) is 30.6 Å². The van der Waals surface area contributed by atoms with Crippen molar-refractivity contribution in [1.82, 2.24) is 4.57 Å². The molecule has 0 amide bonds. The summed E-state index contributed by atoms with van der Waals surface area (Å²) in [4.78, 5) is 0. The minimum Gasteiger partial charge on any atom is -0.473 e. The van der Waals surface area contributed by atoms with Crippen molar-refractivity contribution in [3.63, 3.8) is 0 Å². The van der Waals surface area contributed by atoms with Crippen molar-refractivity contribution in [2.45, 2.75) is 0 Å². The number of ether oxygens (including phenoxy) is 1. The second-order valence-corrected chi connectivity index (χ2v) is 10.2. The van der Waals surface area contributed by atoms with Crippen LogP contribution in [0.4, 0.5) is 0 Å². The molecule has 0 N–H and O–H groups in total. The van der Waals surface area contributed by atoms with Crippen molar-refractivity contribution in [3.8, 4) is 17.2 Å². The highest BCUT2D eigenvalue weighted by Crippen LogP contribution is 2.34. The molecule has 5 heterocycles. The van der Waals surface area contributed by atoms with E-state index in [9.17, 15) is 0 Å². The van der Waals surface area contributed by atoms with Gasteiger partial charge in [-0.15, -0.1) is 0 Å². The van der Waals surface area contributed by atoms with Crippen molar-refractivity contribution in [2.75, 3.05) is 0 Å². The minimum absolute atomic E-state index is 0.0147. The van der Waals surface area contributed by atoms with Gasteiger partial charge < -0.3 is 18.1 Å². The van der Waals surface area contributed by atoms with Gasteiger partial charge in [-0.25, -0.2) is 0 Å². The Morgan fingerprint density at radius 3 is 2.08 bits per heavy atom. The SMILES string of the molecule is c1ccc2c(c1)Oc1cc3c(cc1B2c1ccoc1)-n1c2ccccc2c2cccc(c21)B3c1ccoc1. The molecule has 2 aliphatic heterocycles. The van der Waals surface area contributed by atoms with Crippen molar-refractivity contribution in [3.05, 3.63) is 116 Å². The van der Waals surface area contributed by atoms with Gasteiger partial charge in [-0.1, -0.05) is 54.6 Å². The van der Waals surface area contributed by atoms with E-state index >= 15 is 0 Å². The summed E-state index contributed by atoms with van der Waals surface area (Å²) < 4.78 is 20.2. The van der Waals surface area contributed by atoms with E-state index in [-0.39, 0.29) is 13.4 Å². The zero-order valence-corrected chi connectivity index (χ0v) is 20.3. The molecule has 0 saturated carbocycles. The molecule has 4 nitrogen and oxygen atoms in total. The van der Waals surface area contributed by atoms with Crippen molar-refractivity contribution in [1.29, 1.82) is 0 Å². The molecular weight excluding hydrogens is 468 g/mol. The number of nitrogens with zero attached hydrogens (tertiary/aromatic N) is 1. The van der Waals surface area contributed by atoms with Crippen LogP contribution in [0.25, 0.3) is 27.5 Å². The monoisotopic (exact) mass is 487 g/mol. The fourth-order valence-corrected chi connectivity index (χ4v) is 6.73. The summed E-state index contributed by atoms with van der Waals surface area (Å²) >= 11 is 0. The van der Waals surface area contributed by atoms with Crippen LogP contribution in [-0.2, 0) is 0 Å². The molecule has 0 radical (unpaired) electrons. The van der Waals surface area contributed by atoms with Gasteiger partial charge in [0.15, 0.2) is 0 Å². The Morgan fingerprint density at radius 2 is 1.26 bits per heavy atom. The number of para-hydroxylation sites is 3. The van der Waals surface area contributed by atoms with Gasteiger partial charge >= 0.3 is 0 Å². The molecule has 176 valence electrons. The van der Waals surface area contributed by atoms with E-state index in [1.807, 2.05) is 18.6 Å². The first-order chi connectivity index (χ1) is 18.9. The van der Waals surface area contributed by atoms with Crippen LogP contribution in [0.3, 0.4) is 0 Å². The third-order valence-electron chi connectivity index (χ3n) is 8.26. The zero-order chi connectivity index (χ0) is 24.8. The van der Waals surface area contributed by atoms with Crippen molar-refractivity contribution >= 4 is 68.0 Å². The lowest BCUT2D eigenvalue weighted by molar-refractivity contribution is 0.488. The molecule has 38 heavy (non-hydrogen) atoms. The zero-order valence-electron chi connectivity index (χ0n) is 20.3. The van der Waals surface area contributed by atoms with Gasteiger partial charge in [-0.2, -0.15) is 0 Å². The number of fused-ring (bicyclic) bond motifs is 7. The predicted octanol–water partition coefficient (Wildman–Crippen LogP) is 3.42. The third-order valence-corrected chi connectivity index (χ3v) is 8.26. The van der Waals surface area contributed by atoms with Gasteiger partial charge in [0.25, 0.3) is 13.4 Å². The first-order valence-electron chi connectivity index (χ1n) is 12.9. The van der Waals surface area contributed by atoms with Crippen LogP contribution in [0, 0.1) is 0 Å². The first-order valence-corrected chi connectivity index (χ1v) is 12.9. The number of rotatable bonds is 2. The fourth-order valence-electron chi connectivity index (χ4n) is 6.73. The smallest absolute Gasteiger partial charge is 0.255 e. The van der Waals surface area contributed by atoms with Crippen molar-refractivity contribution in [2.24, 2.45) is 0 Å². The molecule has 2 aliphatic rings. The highest BCUT2D eigenvalue weighted by Gasteiger charge is 2.39. The summed E-state index contributed by atoms with van der Waals surface area (Å²) in [6.45, 7) is 0.0450. The van der Waals surface area contributed by atoms with Crippen molar-refractivity contribution < 1.29 is 13.6 Å². The lowest BCUT2D eigenvalue weighted by Gasteiger charge is -2.31. The minimum atomic E-state index is 0.0147. The van der Waals surface area contributed by atoms with Gasteiger partial charge in [0, 0.05) is 22.0 Å². The highest BCUT2D eigenvalue weighted by molar-refractivity contribution is 6.99. The molecule has 6 heteroatoms. The average molecular weight is 487 g/mol. The van der Waals surface area contributed by atoms with Crippen LogP contribution in [-0.4, -0.2) is 18.0 Å². The van der Waals surface area contributed by atoms with Gasteiger partial charge in [-0.05, 0) is 69.2 Å². The molecule has 0 spiro atoms. The predicted molar refractivity (Wildman–Crippen MR) is 154 cm³/mol. The second-order valence-electron chi connectivity index (χ2n) is 10.2. The topological polar surface area (TPSA) is 40.4 Å². The lowest BCUT2D eigenvalue weighted by Crippen LogP contribution is -2.58. The Morgan fingerprint density at radius 1 is 0.553 bits per heavy atom. The second kappa shape index (κ2) is 7.36. The summed E-state index contributed by atoms with van der Waals surface area (Å²) in [6, 6.07) is 32.4. The van der Waals surface area contributed by atoms with E-state index in [0.29, 0.717) is 0 Å². The summed E-state index contributed by atoms with van der Waals surface area (Å²) in [7, 11) is 0. The maximum absolute atomic E-state index is 6.60. The van der Waals surface area contributed by atoms with E-state index in [1.165, 1.54) is 38.4 Å².